The molecule has 0 aliphatic carbocycles. The summed E-state index contributed by atoms with van der Waals surface area (Å²) >= 11 is 0. The second kappa shape index (κ2) is 6.63. The lowest BCUT2D eigenvalue weighted by Crippen LogP contribution is -2.75. The topological polar surface area (TPSA) is 101 Å². The Morgan fingerprint density at radius 3 is 2.57 bits per heavy atom. The third-order valence-electron chi connectivity index (χ3n) is 6.27. The van der Waals surface area contributed by atoms with E-state index in [4.69, 9.17) is 4.74 Å². The van der Waals surface area contributed by atoms with Gasteiger partial charge < -0.3 is 9.64 Å². The normalized spacial score (nSPS) is 27.2. The molecule has 8 nitrogen and oxygen atoms in total. The van der Waals surface area contributed by atoms with Gasteiger partial charge in [0.15, 0.2) is 5.41 Å². The zero-order chi connectivity index (χ0) is 21.0. The number of imide groups is 2. The quantitative estimate of drug-likeness (QED) is 0.699. The highest BCUT2D eigenvalue weighted by molar-refractivity contribution is 6.20. The van der Waals surface area contributed by atoms with E-state index in [2.05, 4.69) is 20.5 Å². The SMILES string of the molecule is C[C@@H]1CN2c3ccc(-c4ccccn4)cc3CC3(C(=O)NC(=O)NC3=O)[C@H]2[C@H](C)O1. The van der Waals surface area contributed by atoms with Crippen molar-refractivity contribution in [3.05, 3.63) is 48.2 Å². The second-order valence-corrected chi connectivity index (χ2v) is 8.19. The Kier molecular flexibility index (Phi) is 4.14. The molecule has 30 heavy (non-hydrogen) atoms. The van der Waals surface area contributed by atoms with E-state index in [9.17, 15) is 14.4 Å². The van der Waals surface area contributed by atoms with Crippen molar-refractivity contribution in [2.24, 2.45) is 5.41 Å². The Hall–Kier alpha value is -3.26. The molecule has 154 valence electrons. The molecule has 0 radical (unpaired) electrons. The molecule has 0 bridgehead atoms. The molecular weight excluding hydrogens is 384 g/mol. The van der Waals surface area contributed by atoms with Gasteiger partial charge in [-0.2, -0.15) is 0 Å². The van der Waals surface area contributed by atoms with Crippen molar-refractivity contribution in [3.63, 3.8) is 0 Å². The number of hydrogen-bond acceptors (Lipinski definition) is 6. The number of carbonyl (C=O) groups is 3. The van der Waals surface area contributed by atoms with E-state index in [-0.39, 0.29) is 18.6 Å². The number of nitrogens with zero attached hydrogens (tertiary/aromatic N) is 2. The van der Waals surface area contributed by atoms with Crippen LogP contribution in [0.2, 0.25) is 0 Å². The van der Waals surface area contributed by atoms with E-state index < -0.39 is 29.3 Å². The average molecular weight is 406 g/mol. The molecule has 4 amide bonds. The first-order valence-electron chi connectivity index (χ1n) is 10.0. The Morgan fingerprint density at radius 1 is 1.10 bits per heavy atom. The smallest absolute Gasteiger partial charge is 0.328 e. The van der Waals surface area contributed by atoms with Gasteiger partial charge in [0.1, 0.15) is 0 Å². The fourth-order valence-electron chi connectivity index (χ4n) is 5.14. The summed E-state index contributed by atoms with van der Waals surface area (Å²) in [6.45, 7) is 4.39. The molecule has 3 aliphatic rings. The number of anilines is 1. The predicted molar refractivity (Wildman–Crippen MR) is 109 cm³/mol. The van der Waals surface area contributed by atoms with E-state index in [1.54, 1.807) is 6.20 Å². The van der Waals surface area contributed by atoms with Gasteiger partial charge in [0.05, 0.1) is 23.9 Å². The van der Waals surface area contributed by atoms with E-state index in [0.717, 1.165) is 22.5 Å². The molecule has 5 rings (SSSR count). The number of fused-ring (bicyclic) bond motifs is 4. The lowest BCUT2D eigenvalue weighted by atomic mass is 9.66. The van der Waals surface area contributed by atoms with Crippen LogP contribution >= 0.6 is 0 Å². The summed E-state index contributed by atoms with van der Waals surface area (Å²) in [5.41, 5.74) is 2.11. The van der Waals surface area contributed by atoms with Crippen LogP contribution in [0.15, 0.2) is 42.6 Å². The first kappa shape index (κ1) is 18.7. The number of barbiturate groups is 1. The van der Waals surface area contributed by atoms with Gasteiger partial charge in [-0.05, 0) is 50.1 Å². The maximum atomic E-state index is 13.2. The number of pyridine rings is 1. The number of hydrogen-bond donors (Lipinski definition) is 2. The van der Waals surface area contributed by atoms with Crippen LogP contribution < -0.4 is 15.5 Å². The van der Waals surface area contributed by atoms with Crippen molar-refractivity contribution in [2.75, 3.05) is 11.4 Å². The monoisotopic (exact) mass is 406 g/mol. The highest BCUT2D eigenvalue weighted by Gasteiger charge is 2.62. The molecule has 3 atom stereocenters. The number of ether oxygens (including phenoxy) is 1. The van der Waals surface area contributed by atoms with Crippen molar-refractivity contribution in [3.8, 4) is 11.3 Å². The Bertz CT molecular complexity index is 1030. The summed E-state index contributed by atoms with van der Waals surface area (Å²) in [6.07, 6.45) is 1.47. The Balaban J connectivity index is 1.68. The molecular formula is C22H22N4O4. The standard InChI is InChI=1S/C22H22N4O4/c1-12-11-26-17-7-6-14(16-5-3-4-8-23-16)9-15(17)10-22(18(26)13(2)30-12)19(27)24-21(29)25-20(22)28/h3-9,12-13,18H,10-11H2,1-2H3,(H2,24,25,27,28,29)/t12-,13+,18-/m1/s1. The molecule has 2 aromatic rings. The molecule has 1 aromatic heterocycles. The van der Waals surface area contributed by atoms with Gasteiger partial charge >= 0.3 is 6.03 Å². The van der Waals surface area contributed by atoms with Crippen LogP contribution in [0.25, 0.3) is 11.3 Å². The Labute approximate surface area is 173 Å². The van der Waals surface area contributed by atoms with Crippen molar-refractivity contribution in [1.29, 1.82) is 0 Å². The molecule has 4 heterocycles. The highest BCUT2D eigenvalue weighted by Crippen LogP contribution is 2.47. The summed E-state index contributed by atoms with van der Waals surface area (Å²) in [6, 6.07) is 10.4. The number of amides is 4. The van der Waals surface area contributed by atoms with Crippen LogP contribution in [0.1, 0.15) is 19.4 Å². The van der Waals surface area contributed by atoms with Gasteiger partial charge in [-0.3, -0.25) is 25.2 Å². The molecule has 2 N–H and O–H groups in total. The van der Waals surface area contributed by atoms with Crippen molar-refractivity contribution >= 4 is 23.5 Å². The van der Waals surface area contributed by atoms with Crippen LogP contribution in [0.4, 0.5) is 10.5 Å². The minimum atomic E-state index is -1.46. The zero-order valence-electron chi connectivity index (χ0n) is 16.7. The van der Waals surface area contributed by atoms with Gasteiger partial charge in [-0.25, -0.2) is 4.79 Å². The number of carbonyl (C=O) groups excluding carboxylic acids is 3. The lowest BCUT2D eigenvalue weighted by Gasteiger charge is -2.55. The van der Waals surface area contributed by atoms with Crippen LogP contribution in [-0.2, 0) is 20.7 Å². The highest BCUT2D eigenvalue weighted by atomic mass is 16.5. The number of rotatable bonds is 1. The maximum Gasteiger partial charge on any atom is 0.328 e. The van der Waals surface area contributed by atoms with Crippen molar-refractivity contribution in [2.45, 2.75) is 38.5 Å². The number of urea groups is 1. The van der Waals surface area contributed by atoms with Gasteiger partial charge in [0, 0.05) is 24.0 Å². The third-order valence-corrected chi connectivity index (χ3v) is 6.27. The zero-order valence-corrected chi connectivity index (χ0v) is 16.7. The summed E-state index contributed by atoms with van der Waals surface area (Å²) in [7, 11) is 0. The van der Waals surface area contributed by atoms with Gasteiger partial charge in [0.25, 0.3) is 0 Å². The van der Waals surface area contributed by atoms with Crippen molar-refractivity contribution < 1.29 is 19.1 Å². The van der Waals surface area contributed by atoms with Gasteiger partial charge in [-0.15, -0.1) is 0 Å². The Morgan fingerprint density at radius 2 is 1.87 bits per heavy atom. The molecule has 2 fully saturated rings. The fourth-order valence-corrected chi connectivity index (χ4v) is 5.14. The van der Waals surface area contributed by atoms with E-state index >= 15 is 0 Å². The lowest BCUT2D eigenvalue weighted by molar-refractivity contribution is -0.153. The van der Waals surface area contributed by atoms with Crippen LogP contribution in [0, 0.1) is 5.41 Å². The van der Waals surface area contributed by atoms with E-state index in [0.29, 0.717) is 6.54 Å². The number of aromatic nitrogens is 1. The van der Waals surface area contributed by atoms with Crippen molar-refractivity contribution in [1.82, 2.24) is 15.6 Å². The third kappa shape index (κ3) is 2.64. The summed E-state index contributed by atoms with van der Waals surface area (Å²) < 4.78 is 6.02. The predicted octanol–water partition coefficient (Wildman–Crippen LogP) is 1.64. The van der Waals surface area contributed by atoms with Crippen LogP contribution in [0.5, 0.6) is 0 Å². The second-order valence-electron chi connectivity index (χ2n) is 8.19. The minimum absolute atomic E-state index is 0.0638. The average Bonchev–Trinajstić information content (AvgIpc) is 2.71. The largest absolute Gasteiger partial charge is 0.372 e. The van der Waals surface area contributed by atoms with E-state index in [1.807, 2.05) is 50.2 Å². The summed E-state index contributed by atoms with van der Waals surface area (Å²) in [5, 5.41) is 4.62. The number of morpholine rings is 1. The minimum Gasteiger partial charge on any atom is -0.372 e. The molecule has 0 unspecified atom stereocenters. The molecule has 3 aliphatic heterocycles. The first-order chi connectivity index (χ1) is 14.4. The number of nitrogens with one attached hydrogen (secondary N) is 2. The van der Waals surface area contributed by atoms with Crippen LogP contribution in [-0.4, -0.2) is 47.6 Å². The maximum absolute atomic E-state index is 13.2. The van der Waals surface area contributed by atoms with Crippen LogP contribution in [0.3, 0.4) is 0 Å². The molecule has 1 aromatic carbocycles. The molecule has 8 heteroatoms. The van der Waals surface area contributed by atoms with Gasteiger partial charge in [-0.1, -0.05) is 12.1 Å². The number of benzene rings is 1. The fraction of sp³-hybridized carbons (Fsp3) is 0.364. The van der Waals surface area contributed by atoms with Gasteiger partial charge in [0.2, 0.25) is 11.8 Å². The molecule has 2 saturated heterocycles. The molecule has 0 saturated carbocycles. The van der Waals surface area contributed by atoms with E-state index in [1.165, 1.54) is 0 Å². The summed E-state index contributed by atoms with van der Waals surface area (Å²) in [4.78, 5) is 44.6. The summed E-state index contributed by atoms with van der Waals surface area (Å²) in [5.74, 6) is -1.16. The first-order valence-corrected chi connectivity index (χ1v) is 10.0. The molecule has 1 spiro atoms.